The summed E-state index contributed by atoms with van der Waals surface area (Å²) in [4.78, 5) is 10.9. The number of benzene rings is 2. The Bertz CT molecular complexity index is 784. The zero-order chi connectivity index (χ0) is 18.0. The number of carboxylic acids is 1. The van der Waals surface area contributed by atoms with Crippen molar-refractivity contribution >= 4 is 5.97 Å². The van der Waals surface area contributed by atoms with Crippen molar-refractivity contribution in [3.05, 3.63) is 58.7 Å². The fourth-order valence-corrected chi connectivity index (χ4v) is 3.16. The molecular formula is C20H22O5. The monoisotopic (exact) mass is 342 g/mol. The fourth-order valence-electron chi connectivity index (χ4n) is 3.16. The van der Waals surface area contributed by atoms with Crippen LogP contribution in [0, 0.1) is 0 Å². The van der Waals surface area contributed by atoms with Gasteiger partial charge in [0.2, 0.25) is 0 Å². The van der Waals surface area contributed by atoms with Gasteiger partial charge < -0.3 is 19.7 Å². The number of para-hydroxylation sites is 2. The summed E-state index contributed by atoms with van der Waals surface area (Å²) >= 11 is 0. The Balaban J connectivity index is 0.000000150. The first-order valence-corrected chi connectivity index (χ1v) is 8.40. The summed E-state index contributed by atoms with van der Waals surface area (Å²) in [5, 5.41) is 17.9. The van der Waals surface area contributed by atoms with Gasteiger partial charge in [-0.15, -0.1) is 0 Å². The Morgan fingerprint density at radius 2 is 1.92 bits per heavy atom. The third kappa shape index (κ3) is 3.33. The zero-order valence-corrected chi connectivity index (χ0v) is 14.4. The molecule has 0 aromatic heterocycles. The number of carboxylic acid groups (broad SMARTS) is 1. The van der Waals surface area contributed by atoms with Crippen LogP contribution < -0.4 is 9.47 Å². The molecule has 5 heteroatoms. The SMILES string of the molecule is CC1Oc2c(C(=O)O)cccc2C1C.OCc1cccc2c1OCC2. The Morgan fingerprint density at radius 1 is 1.16 bits per heavy atom. The molecule has 0 saturated carbocycles. The van der Waals surface area contributed by atoms with Gasteiger partial charge in [0.25, 0.3) is 0 Å². The molecule has 2 N–H and O–H groups in total. The average molecular weight is 342 g/mol. The summed E-state index contributed by atoms with van der Waals surface area (Å²) in [6, 6.07) is 11.2. The van der Waals surface area contributed by atoms with E-state index in [4.69, 9.17) is 19.7 Å². The van der Waals surface area contributed by atoms with E-state index in [-0.39, 0.29) is 24.2 Å². The Morgan fingerprint density at radius 3 is 2.64 bits per heavy atom. The third-order valence-electron chi connectivity index (χ3n) is 4.74. The van der Waals surface area contributed by atoms with Crippen LogP contribution in [0.3, 0.4) is 0 Å². The minimum absolute atomic E-state index is 0.0606. The van der Waals surface area contributed by atoms with Gasteiger partial charge in [0.1, 0.15) is 23.2 Å². The van der Waals surface area contributed by atoms with E-state index in [2.05, 4.69) is 0 Å². The largest absolute Gasteiger partial charge is 0.493 e. The molecule has 2 atom stereocenters. The lowest BCUT2D eigenvalue weighted by Gasteiger charge is -2.07. The fraction of sp³-hybridized carbons (Fsp3) is 0.350. The molecule has 0 saturated heterocycles. The van der Waals surface area contributed by atoms with Crippen LogP contribution in [-0.4, -0.2) is 28.9 Å². The van der Waals surface area contributed by atoms with Crippen LogP contribution >= 0.6 is 0 Å². The molecule has 0 aliphatic carbocycles. The van der Waals surface area contributed by atoms with Crippen molar-refractivity contribution in [3.63, 3.8) is 0 Å². The lowest BCUT2D eigenvalue weighted by atomic mass is 9.97. The van der Waals surface area contributed by atoms with E-state index in [1.54, 1.807) is 12.1 Å². The topological polar surface area (TPSA) is 76.0 Å². The summed E-state index contributed by atoms with van der Waals surface area (Å²) in [6.45, 7) is 4.83. The molecule has 2 unspecified atom stereocenters. The highest BCUT2D eigenvalue weighted by Gasteiger charge is 2.30. The van der Waals surface area contributed by atoms with Gasteiger partial charge in [-0.25, -0.2) is 4.79 Å². The molecule has 2 aromatic carbocycles. The van der Waals surface area contributed by atoms with Gasteiger partial charge in [-0.1, -0.05) is 37.3 Å². The van der Waals surface area contributed by atoms with Crippen LogP contribution in [0.2, 0.25) is 0 Å². The molecule has 132 valence electrons. The van der Waals surface area contributed by atoms with E-state index >= 15 is 0 Å². The van der Waals surface area contributed by atoms with Crippen molar-refractivity contribution in [3.8, 4) is 11.5 Å². The summed E-state index contributed by atoms with van der Waals surface area (Å²) in [7, 11) is 0. The van der Waals surface area contributed by atoms with Crippen LogP contribution in [0.1, 0.15) is 46.8 Å². The number of hydrogen-bond acceptors (Lipinski definition) is 4. The number of fused-ring (bicyclic) bond motifs is 2. The zero-order valence-electron chi connectivity index (χ0n) is 14.4. The smallest absolute Gasteiger partial charge is 0.339 e. The molecule has 0 radical (unpaired) electrons. The van der Waals surface area contributed by atoms with Crippen molar-refractivity contribution in [2.75, 3.05) is 6.61 Å². The van der Waals surface area contributed by atoms with Gasteiger partial charge in [-0.2, -0.15) is 0 Å². The molecule has 25 heavy (non-hydrogen) atoms. The van der Waals surface area contributed by atoms with Crippen molar-refractivity contribution in [2.45, 2.75) is 38.9 Å². The molecular weight excluding hydrogens is 320 g/mol. The molecule has 2 aliphatic rings. The standard InChI is InChI=1S/C11H12O3.C9H10O2/c1-6-7(2)14-10-8(6)4-3-5-9(10)11(12)13;10-6-8-3-1-2-7-4-5-11-9(7)8/h3-7H,1-2H3,(H,12,13);1-3,10H,4-6H2. The van der Waals surface area contributed by atoms with E-state index in [0.29, 0.717) is 5.75 Å². The van der Waals surface area contributed by atoms with Crippen molar-refractivity contribution in [1.29, 1.82) is 0 Å². The van der Waals surface area contributed by atoms with Crippen LogP contribution in [0.5, 0.6) is 11.5 Å². The molecule has 0 fully saturated rings. The van der Waals surface area contributed by atoms with Crippen molar-refractivity contribution in [2.24, 2.45) is 0 Å². The lowest BCUT2D eigenvalue weighted by molar-refractivity contribution is 0.0691. The summed E-state index contributed by atoms with van der Waals surface area (Å²) < 4.78 is 10.9. The first-order chi connectivity index (χ1) is 12.0. The predicted octanol–water partition coefficient (Wildman–Crippen LogP) is 3.38. The number of aliphatic hydroxyl groups is 1. The first-order valence-electron chi connectivity index (χ1n) is 8.40. The second-order valence-corrected chi connectivity index (χ2v) is 6.30. The lowest BCUT2D eigenvalue weighted by Crippen LogP contribution is -2.11. The predicted molar refractivity (Wildman–Crippen MR) is 93.5 cm³/mol. The number of aromatic carboxylic acids is 1. The summed E-state index contributed by atoms with van der Waals surface area (Å²) in [6.07, 6.45) is 1.04. The molecule has 5 nitrogen and oxygen atoms in total. The van der Waals surface area contributed by atoms with E-state index in [0.717, 1.165) is 29.9 Å². The summed E-state index contributed by atoms with van der Waals surface area (Å²) in [5.41, 5.74) is 3.38. The Labute approximate surface area is 146 Å². The molecule has 4 rings (SSSR count). The number of rotatable bonds is 2. The molecule has 0 bridgehead atoms. The van der Waals surface area contributed by atoms with Gasteiger partial charge in [0.05, 0.1) is 13.2 Å². The molecule has 2 aliphatic heterocycles. The summed E-state index contributed by atoms with van der Waals surface area (Å²) in [5.74, 6) is 0.780. The highest BCUT2D eigenvalue weighted by molar-refractivity contribution is 5.91. The van der Waals surface area contributed by atoms with Crippen LogP contribution in [0.4, 0.5) is 0 Å². The highest BCUT2D eigenvalue weighted by Crippen LogP contribution is 2.40. The number of carbonyl (C=O) groups is 1. The number of hydrogen-bond donors (Lipinski definition) is 2. The number of ether oxygens (including phenoxy) is 2. The van der Waals surface area contributed by atoms with Crippen LogP contribution in [-0.2, 0) is 13.0 Å². The van der Waals surface area contributed by atoms with E-state index < -0.39 is 5.97 Å². The van der Waals surface area contributed by atoms with Crippen molar-refractivity contribution < 1.29 is 24.5 Å². The second-order valence-electron chi connectivity index (χ2n) is 6.30. The van der Waals surface area contributed by atoms with Gasteiger partial charge in [-0.3, -0.25) is 0 Å². The quantitative estimate of drug-likeness (QED) is 0.875. The normalized spacial score (nSPS) is 19.8. The van der Waals surface area contributed by atoms with E-state index in [9.17, 15) is 4.79 Å². The molecule has 0 spiro atoms. The van der Waals surface area contributed by atoms with Gasteiger partial charge in [0, 0.05) is 23.5 Å². The van der Waals surface area contributed by atoms with E-state index in [1.807, 2.05) is 38.1 Å². The van der Waals surface area contributed by atoms with Crippen molar-refractivity contribution in [1.82, 2.24) is 0 Å². The number of aliphatic hydroxyl groups excluding tert-OH is 1. The highest BCUT2D eigenvalue weighted by atomic mass is 16.5. The van der Waals surface area contributed by atoms with Gasteiger partial charge in [-0.05, 0) is 18.6 Å². The van der Waals surface area contributed by atoms with Crippen LogP contribution in [0.25, 0.3) is 0 Å². The third-order valence-corrected chi connectivity index (χ3v) is 4.74. The first kappa shape index (κ1) is 17.3. The van der Waals surface area contributed by atoms with Gasteiger partial charge in [0.15, 0.2) is 0 Å². The molecule has 2 aromatic rings. The minimum Gasteiger partial charge on any atom is -0.493 e. The maximum absolute atomic E-state index is 10.9. The maximum atomic E-state index is 10.9. The minimum atomic E-state index is -0.928. The second kappa shape index (κ2) is 7.15. The van der Waals surface area contributed by atoms with Gasteiger partial charge >= 0.3 is 5.97 Å². The Kier molecular flexibility index (Phi) is 4.95. The van der Waals surface area contributed by atoms with Crippen LogP contribution in [0.15, 0.2) is 36.4 Å². The van der Waals surface area contributed by atoms with E-state index in [1.165, 1.54) is 5.56 Å². The molecule has 0 amide bonds. The molecule has 2 heterocycles. The maximum Gasteiger partial charge on any atom is 0.339 e. The average Bonchev–Trinajstić information content (AvgIpc) is 3.20. The Hall–Kier alpha value is -2.53.